The van der Waals surface area contributed by atoms with Crippen LogP contribution < -0.4 is 5.73 Å². The van der Waals surface area contributed by atoms with Crippen LogP contribution in [0.3, 0.4) is 0 Å². The molecule has 2 unspecified atom stereocenters. The van der Waals surface area contributed by atoms with Gasteiger partial charge < -0.3 is 10.3 Å². The Labute approximate surface area is 122 Å². The van der Waals surface area contributed by atoms with Crippen molar-refractivity contribution in [2.24, 2.45) is 5.73 Å². The number of rotatable bonds is 4. The number of benzene rings is 1. The largest absolute Gasteiger partial charge is 0.326 e. The molecular formula is C15H14FN5. The lowest BCUT2D eigenvalue weighted by Crippen LogP contribution is -2.33. The van der Waals surface area contributed by atoms with Crippen molar-refractivity contribution in [1.82, 2.24) is 9.55 Å². The molecule has 0 aliphatic rings. The first-order valence-corrected chi connectivity index (χ1v) is 6.50. The average Bonchev–Trinajstić information content (AvgIpc) is 2.90. The molecule has 0 fully saturated rings. The molecule has 6 heteroatoms. The van der Waals surface area contributed by atoms with Gasteiger partial charge in [0, 0.05) is 6.04 Å². The number of nitriles is 2. The summed E-state index contributed by atoms with van der Waals surface area (Å²) in [6.45, 7) is 1.91. The van der Waals surface area contributed by atoms with Crippen LogP contribution in [0.5, 0.6) is 0 Å². The van der Waals surface area contributed by atoms with Crippen molar-refractivity contribution < 1.29 is 4.39 Å². The second-order valence-electron chi connectivity index (χ2n) is 4.64. The third-order valence-electron chi connectivity index (χ3n) is 3.37. The first-order valence-electron chi connectivity index (χ1n) is 6.50. The Morgan fingerprint density at radius 3 is 2.71 bits per heavy atom. The minimum Gasteiger partial charge on any atom is -0.326 e. The van der Waals surface area contributed by atoms with Crippen molar-refractivity contribution >= 4 is 0 Å². The van der Waals surface area contributed by atoms with Crippen LogP contribution in [0.4, 0.5) is 4.39 Å². The van der Waals surface area contributed by atoms with Crippen molar-refractivity contribution in [3.8, 4) is 12.1 Å². The van der Waals surface area contributed by atoms with E-state index in [4.69, 9.17) is 11.0 Å². The molecule has 1 aromatic carbocycles. The number of imidazole rings is 1. The molecule has 0 amide bonds. The molecule has 0 saturated heterocycles. The molecule has 5 nitrogen and oxygen atoms in total. The van der Waals surface area contributed by atoms with Gasteiger partial charge in [-0.05, 0) is 24.1 Å². The molecule has 106 valence electrons. The van der Waals surface area contributed by atoms with Gasteiger partial charge in [-0.2, -0.15) is 10.5 Å². The number of nitrogens with zero attached hydrogens (tertiary/aromatic N) is 4. The van der Waals surface area contributed by atoms with Gasteiger partial charge in [-0.15, -0.1) is 0 Å². The molecule has 2 N–H and O–H groups in total. The SMILES string of the molecule is CCC(N)C(c1cccc(F)c1)n1cnc(C#N)c1C#N. The summed E-state index contributed by atoms with van der Waals surface area (Å²) in [5, 5.41) is 18.2. The van der Waals surface area contributed by atoms with Crippen molar-refractivity contribution in [1.29, 1.82) is 10.5 Å². The predicted octanol–water partition coefficient (Wildman–Crippen LogP) is 2.09. The molecule has 2 aromatic rings. The molecule has 0 aliphatic heterocycles. The lowest BCUT2D eigenvalue weighted by Gasteiger charge is -2.25. The summed E-state index contributed by atoms with van der Waals surface area (Å²) in [4.78, 5) is 3.92. The fourth-order valence-electron chi connectivity index (χ4n) is 2.29. The molecule has 2 atom stereocenters. The molecule has 0 bridgehead atoms. The van der Waals surface area contributed by atoms with E-state index >= 15 is 0 Å². The summed E-state index contributed by atoms with van der Waals surface area (Å²) in [5.74, 6) is -0.375. The van der Waals surface area contributed by atoms with Gasteiger partial charge in [0.25, 0.3) is 0 Å². The van der Waals surface area contributed by atoms with E-state index in [-0.39, 0.29) is 23.2 Å². The molecule has 0 saturated carbocycles. The fourth-order valence-corrected chi connectivity index (χ4v) is 2.29. The van der Waals surface area contributed by atoms with Gasteiger partial charge in [0.15, 0.2) is 11.4 Å². The van der Waals surface area contributed by atoms with Crippen molar-refractivity contribution in [2.45, 2.75) is 25.4 Å². The van der Waals surface area contributed by atoms with Gasteiger partial charge in [0.2, 0.25) is 0 Å². The highest BCUT2D eigenvalue weighted by Crippen LogP contribution is 2.26. The zero-order valence-corrected chi connectivity index (χ0v) is 11.5. The Morgan fingerprint density at radius 2 is 2.14 bits per heavy atom. The maximum absolute atomic E-state index is 13.5. The molecular weight excluding hydrogens is 269 g/mol. The van der Waals surface area contributed by atoms with Crippen LogP contribution >= 0.6 is 0 Å². The summed E-state index contributed by atoms with van der Waals surface area (Å²) in [5.41, 5.74) is 6.96. The van der Waals surface area contributed by atoms with Gasteiger partial charge in [-0.3, -0.25) is 0 Å². The van der Waals surface area contributed by atoms with Crippen molar-refractivity contribution in [3.05, 3.63) is 53.4 Å². The first kappa shape index (κ1) is 14.7. The summed E-state index contributed by atoms with van der Waals surface area (Å²) < 4.78 is 15.0. The molecule has 21 heavy (non-hydrogen) atoms. The third-order valence-corrected chi connectivity index (χ3v) is 3.37. The smallest absolute Gasteiger partial charge is 0.176 e. The summed E-state index contributed by atoms with van der Waals surface area (Å²) in [6.07, 6.45) is 2.04. The quantitative estimate of drug-likeness (QED) is 0.930. The van der Waals surface area contributed by atoms with Gasteiger partial charge in [0.05, 0.1) is 12.4 Å². The van der Waals surface area contributed by atoms with E-state index in [1.54, 1.807) is 16.7 Å². The normalized spacial score (nSPS) is 13.2. The zero-order chi connectivity index (χ0) is 15.4. The van der Waals surface area contributed by atoms with E-state index in [9.17, 15) is 9.65 Å². The van der Waals surface area contributed by atoms with E-state index in [2.05, 4.69) is 4.98 Å². The van der Waals surface area contributed by atoms with Crippen molar-refractivity contribution in [2.75, 3.05) is 0 Å². The third kappa shape index (κ3) is 2.76. The van der Waals surface area contributed by atoms with E-state index in [0.717, 1.165) is 0 Å². The van der Waals surface area contributed by atoms with Gasteiger partial charge in [-0.1, -0.05) is 19.1 Å². The summed E-state index contributed by atoms with van der Waals surface area (Å²) in [7, 11) is 0. The summed E-state index contributed by atoms with van der Waals surface area (Å²) in [6, 6.07) is 9.12. The summed E-state index contributed by atoms with van der Waals surface area (Å²) >= 11 is 0. The Bertz CT molecular complexity index is 722. The minimum absolute atomic E-state index is 0.0437. The Morgan fingerprint density at radius 1 is 1.38 bits per heavy atom. The average molecular weight is 283 g/mol. The second kappa shape index (κ2) is 6.17. The molecule has 2 rings (SSSR count). The Balaban J connectivity index is 2.60. The molecule has 0 spiro atoms. The maximum Gasteiger partial charge on any atom is 0.176 e. The van der Waals surface area contributed by atoms with Gasteiger partial charge in [-0.25, -0.2) is 9.37 Å². The van der Waals surface area contributed by atoms with E-state index < -0.39 is 6.04 Å². The van der Waals surface area contributed by atoms with Crippen LogP contribution in [0, 0.1) is 28.5 Å². The van der Waals surface area contributed by atoms with Crippen LogP contribution in [0.1, 0.15) is 36.3 Å². The first-order chi connectivity index (χ1) is 10.1. The van der Waals surface area contributed by atoms with Crippen LogP contribution in [0.25, 0.3) is 0 Å². The topological polar surface area (TPSA) is 91.4 Å². The lowest BCUT2D eigenvalue weighted by atomic mass is 9.97. The lowest BCUT2D eigenvalue weighted by molar-refractivity contribution is 0.453. The predicted molar refractivity (Wildman–Crippen MR) is 74.5 cm³/mol. The molecule has 1 heterocycles. The van der Waals surface area contributed by atoms with E-state index in [0.29, 0.717) is 12.0 Å². The molecule has 0 aliphatic carbocycles. The number of halogens is 1. The Hall–Kier alpha value is -2.70. The zero-order valence-electron chi connectivity index (χ0n) is 11.5. The van der Waals surface area contributed by atoms with E-state index in [1.807, 2.05) is 19.1 Å². The Kier molecular flexibility index (Phi) is 4.32. The van der Waals surface area contributed by atoms with Crippen LogP contribution in [-0.2, 0) is 0 Å². The van der Waals surface area contributed by atoms with Gasteiger partial charge >= 0.3 is 0 Å². The maximum atomic E-state index is 13.5. The fraction of sp³-hybridized carbons (Fsp3) is 0.267. The number of nitrogens with two attached hydrogens (primary N) is 1. The highest BCUT2D eigenvalue weighted by atomic mass is 19.1. The van der Waals surface area contributed by atoms with Gasteiger partial charge in [0.1, 0.15) is 18.0 Å². The van der Waals surface area contributed by atoms with Crippen LogP contribution in [0.2, 0.25) is 0 Å². The number of hydrogen-bond donors (Lipinski definition) is 1. The molecule has 0 radical (unpaired) electrons. The number of aromatic nitrogens is 2. The highest BCUT2D eigenvalue weighted by Gasteiger charge is 2.25. The number of hydrogen-bond acceptors (Lipinski definition) is 4. The van der Waals surface area contributed by atoms with Crippen LogP contribution in [0.15, 0.2) is 30.6 Å². The second-order valence-corrected chi connectivity index (χ2v) is 4.64. The van der Waals surface area contributed by atoms with E-state index in [1.165, 1.54) is 18.5 Å². The van der Waals surface area contributed by atoms with Crippen molar-refractivity contribution in [3.63, 3.8) is 0 Å². The minimum atomic E-state index is -0.449. The monoisotopic (exact) mass is 283 g/mol. The highest BCUT2D eigenvalue weighted by molar-refractivity contribution is 5.38. The van der Waals surface area contributed by atoms with Crippen LogP contribution in [-0.4, -0.2) is 15.6 Å². The molecule has 1 aromatic heterocycles. The standard InChI is InChI=1S/C15H14FN5/c1-2-12(19)15(10-4-3-5-11(16)6-10)21-9-20-13(7-17)14(21)8-18/h3-6,9,12,15H,2,19H2,1H3.